The summed E-state index contributed by atoms with van der Waals surface area (Å²) in [4.78, 5) is 39.2. The van der Waals surface area contributed by atoms with Crippen molar-refractivity contribution in [2.75, 3.05) is 7.11 Å². The van der Waals surface area contributed by atoms with Gasteiger partial charge in [0.05, 0.1) is 23.8 Å². The number of phenols is 2. The second-order valence-corrected chi connectivity index (χ2v) is 8.82. The summed E-state index contributed by atoms with van der Waals surface area (Å²) >= 11 is 0. The van der Waals surface area contributed by atoms with Crippen LogP contribution in [0.15, 0.2) is 18.2 Å². The number of hydrogen-bond acceptors (Lipinski definition) is 7. The Morgan fingerprint density at radius 2 is 1.75 bits per heavy atom. The average molecular weight is 436 g/mol. The zero-order chi connectivity index (χ0) is 22.7. The predicted octanol–water partition coefficient (Wildman–Crippen LogP) is 1.59. The van der Waals surface area contributed by atoms with Crippen LogP contribution in [0.3, 0.4) is 0 Å². The first-order valence-corrected chi connectivity index (χ1v) is 10.7. The lowest BCUT2D eigenvalue weighted by atomic mass is 9.75. The van der Waals surface area contributed by atoms with E-state index in [-0.39, 0.29) is 63.9 Å². The molecule has 3 aliphatic carbocycles. The number of nitrogens with one attached hydrogen (secondary N) is 1. The zero-order valence-electron chi connectivity index (χ0n) is 17.6. The van der Waals surface area contributed by atoms with Gasteiger partial charge in [0.1, 0.15) is 17.2 Å². The van der Waals surface area contributed by atoms with E-state index < -0.39 is 17.5 Å². The molecular weight excluding hydrogens is 412 g/mol. The number of aromatic hydroxyl groups is 2. The van der Waals surface area contributed by atoms with Gasteiger partial charge in [-0.05, 0) is 38.2 Å². The van der Waals surface area contributed by atoms with E-state index >= 15 is 0 Å². The fourth-order valence-electron chi connectivity index (χ4n) is 5.13. The summed E-state index contributed by atoms with van der Waals surface area (Å²) in [6, 6.07) is 4.84. The highest BCUT2D eigenvalue weighted by molar-refractivity contribution is 6.31. The highest BCUT2D eigenvalue weighted by Gasteiger charge is 2.41. The molecule has 0 radical (unpaired) electrons. The maximum Gasteiger partial charge on any atom is 0.223 e. The normalized spacial score (nSPS) is 23.5. The van der Waals surface area contributed by atoms with Crippen molar-refractivity contribution in [3.05, 3.63) is 51.6 Å². The first-order chi connectivity index (χ1) is 15.3. The number of carbonyl (C=O) groups is 3. The van der Waals surface area contributed by atoms with Crippen LogP contribution in [0.4, 0.5) is 0 Å². The molecule has 1 amide bonds. The molecule has 166 valence electrons. The van der Waals surface area contributed by atoms with Crippen LogP contribution in [-0.4, -0.2) is 46.9 Å². The first-order valence-electron chi connectivity index (χ1n) is 10.7. The second-order valence-electron chi connectivity index (χ2n) is 8.82. The molecule has 0 aromatic heterocycles. The van der Waals surface area contributed by atoms with Crippen molar-refractivity contribution in [1.82, 2.24) is 5.32 Å². The number of rotatable bonds is 3. The first kappa shape index (κ1) is 20.5. The third-order valence-corrected chi connectivity index (χ3v) is 6.92. The van der Waals surface area contributed by atoms with E-state index in [0.717, 1.165) is 12.8 Å². The topological polar surface area (TPSA) is 139 Å². The quantitative estimate of drug-likeness (QED) is 0.457. The van der Waals surface area contributed by atoms with Crippen molar-refractivity contribution in [2.24, 2.45) is 11.7 Å². The molecule has 0 spiro atoms. The van der Waals surface area contributed by atoms with Crippen LogP contribution >= 0.6 is 0 Å². The third kappa shape index (κ3) is 2.90. The van der Waals surface area contributed by atoms with Gasteiger partial charge >= 0.3 is 0 Å². The zero-order valence-corrected chi connectivity index (χ0v) is 17.6. The molecule has 0 saturated heterocycles. The van der Waals surface area contributed by atoms with Crippen LogP contribution in [0, 0.1) is 5.92 Å². The van der Waals surface area contributed by atoms with E-state index in [9.17, 15) is 24.6 Å². The molecule has 1 unspecified atom stereocenters. The lowest BCUT2D eigenvalue weighted by Gasteiger charge is -2.35. The van der Waals surface area contributed by atoms with E-state index in [4.69, 9.17) is 10.5 Å². The predicted molar refractivity (Wildman–Crippen MR) is 114 cm³/mol. The fourth-order valence-corrected chi connectivity index (χ4v) is 5.13. The maximum atomic E-state index is 13.3. The highest BCUT2D eigenvalue weighted by Crippen LogP contribution is 2.47. The van der Waals surface area contributed by atoms with Crippen molar-refractivity contribution in [3.63, 3.8) is 0 Å². The van der Waals surface area contributed by atoms with Gasteiger partial charge in [-0.15, -0.1) is 0 Å². The Bertz CT molecular complexity index is 1180. The largest absolute Gasteiger partial charge is 0.507 e. The summed E-state index contributed by atoms with van der Waals surface area (Å²) in [7, 11) is 1.40. The minimum absolute atomic E-state index is 0.0649. The summed E-state index contributed by atoms with van der Waals surface area (Å²) < 4.78 is 5.25. The summed E-state index contributed by atoms with van der Waals surface area (Å²) in [5, 5.41) is 25.0. The maximum absolute atomic E-state index is 13.3. The van der Waals surface area contributed by atoms with Crippen molar-refractivity contribution in [3.8, 4) is 17.2 Å². The molecule has 8 nitrogen and oxygen atoms in total. The number of methoxy groups -OCH3 is 1. The lowest BCUT2D eigenvalue weighted by molar-refractivity contribution is -0.126. The minimum atomic E-state index is -0.566. The van der Waals surface area contributed by atoms with Gasteiger partial charge < -0.3 is 26.0 Å². The summed E-state index contributed by atoms with van der Waals surface area (Å²) in [5.41, 5.74) is 6.33. The number of amides is 1. The van der Waals surface area contributed by atoms with Crippen LogP contribution in [-0.2, 0) is 17.6 Å². The molecule has 3 aliphatic rings. The molecule has 0 aliphatic heterocycles. The monoisotopic (exact) mass is 436 g/mol. The van der Waals surface area contributed by atoms with Gasteiger partial charge in [-0.2, -0.15) is 0 Å². The fraction of sp³-hybridized carbons (Fsp3) is 0.375. The van der Waals surface area contributed by atoms with Crippen LogP contribution in [0.25, 0.3) is 0 Å². The third-order valence-electron chi connectivity index (χ3n) is 6.92. The van der Waals surface area contributed by atoms with Crippen LogP contribution in [0.5, 0.6) is 17.2 Å². The molecule has 8 heteroatoms. The van der Waals surface area contributed by atoms with Gasteiger partial charge in [0.15, 0.2) is 5.78 Å². The number of carbonyl (C=O) groups excluding carboxylic acids is 3. The van der Waals surface area contributed by atoms with Crippen molar-refractivity contribution >= 4 is 17.5 Å². The Balaban J connectivity index is 1.54. The van der Waals surface area contributed by atoms with Gasteiger partial charge in [0.2, 0.25) is 11.7 Å². The number of ether oxygens (including phenoxy) is 1. The van der Waals surface area contributed by atoms with Crippen LogP contribution in [0.2, 0.25) is 0 Å². The van der Waals surface area contributed by atoms with E-state index in [1.807, 2.05) is 0 Å². The molecule has 1 fully saturated rings. The SMILES string of the molecule is COc1cccc2c1C(=O)c1c(O)c3c(c(O)c1C2=O)CC(C(=O)NC1CC(N)C1)CC3. The van der Waals surface area contributed by atoms with E-state index in [0.29, 0.717) is 24.0 Å². The van der Waals surface area contributed by atoms with E-state index in [1.165, 1.54) is 13.2 Å². The lowest BCUT2D eigenvalue weighted by Crippen LogP contribution is -2.52. The Labute approximate surface area is 184 Å². The molecule has 2 aromatic carbocycles. The molecule has 2 aromatic rings. The van der Waals surface area contributed by atoms with Crippen molar-refractivity contribution in [1.29, 1.82) is 0 Å². The molecule has 5 rings (SSSR count). The van der Waals surface area contributed by atoms with Crippen LogP contribution < -0.4 is 15.8 Å². The Morgan fingerprint density at radius 1 is 1.06 bits per heavy atom. The van der Waals surface area contributed by atoms with Gasteiger partial charge in [0, 0.05) is 34.7 Å². The molecule has 0 heterocycles. The molecule has 1 saturated carbocycles. The van der Waals surface area contributed by atoms with Crippen molar-refractivity contribution in [2.45, 2.75) is 44.2 Å². The molecule has 32 heavy (non-hydrogen) atoms. The summed E-state index contributed by atoms with van der Waals surface area (Å²) in [6.45, 7) is 0. The Morgan fingerprint density at radius 3 is 2.44 bits per heavy atom. The standard InChI is InChI=1S/C24H24N2O6/c1-32-16-4-2-3-14-17(16)23(30)19-18(21(14)28)22(29)15-7-10(5-6-13(15)20(19)27)24(31)26-12-8-11(25)9-12/h2-4,10-12,27,29H,5-9,25H2,1H3,(H,26,31). The Kier molecular flexibility index (Phi) is 4.70. The number of ketones is 2. The highest BCUT2D eigenvalue weighted by atomic mass is 16.5. The number of nitrogens with two attached hydrogens (primary N) is 1. The van der Waals surface area contributed by atoms with Gasteiger partial charge in [-0.25, -0.2) is 0 Å². The Hall–Kier alpha value is -3.39. The molecule has 1 atom stereocenters. The molecule has 5 N–H and O–H groups in total. The molecular formula is C24H24N2O6. The average Bonchev–Trinajstić information content (AvgIpc) is 2.77. The van der Waals surface area contributed by atoms with Crippen molar-refractivity contribution < 1.29 is 29.3 Å². The van der Waals surface area contributed by atoms with E-state index in [1.54, 1.807) is 12.1 Å². The second kappa shape index (κ2) is 7.34. The summed E-state index contributed by atoms with van der Waals surface area (Å²) in [6.07, 6.45) is 2.44. The van der Waals surface area contributed by atoms with Gasteiger partial charge in [-0.3, -0.25) is 14.4 Å². The van der Waals surface area contributed by atoms with Crippen LogP contribution in [0.1, 0.15) is 62.2 Å². The minimum Gasteiger partial charge on any atom is -0.507 e. The molecule has 0 bridgehead atoms. The van der Waals surface area contributed by atoms with Gasteiger partial charge in [0.25, 0.3) is 0 Å². The number of phenolic OH excluding ortho intramolecular Hbond substituents is 2. The smallest absolute Gasteiger partial charge is 0.223 e. The number of fused-ring (bicyclic) bond motifs is 3. The number of hydrogen-bond donors (Lipinski definition) is 4. The number of benzene rings is 2. The summed E-state index contributed by atoms with van der Waals surface area (Å²) in [5.74, 6) is -2.04. The van der Waals surface area contributed by atoms with Gasteiger partial charge in [-0.1, -0.05) is 12.1 Å². The van der Waals surface area contributed by atoms with E-state index in [2.05, 4.69) is 5.32 Å².